The van der Waals surface area contributed by atoms with Crippen LogP contribution < -0.4 is 0 Å². The summed E-state index contributed by atoms with van der Waals surface area (Å²) in [6.45, 7) is 9.48. The van der Waals surface area contributed by atoms with E-state index in [1.165, 1.54) is 5.57 Å². The topological polar surface area (TPSA) is 0 Å². The Balaban J connectivity index is 3.17. The van der Waals surface area contributed by atoms with E-state index < -0.39 is 0 Å². The maximum Gasteiger partial charge on any atom is -0.0144 e. The zero-order valence-corrected chi connectivity index (χ0v) is 4.91. The zero-order valence-electron chi connectivity index (χ0n) is 4.91. The summed E-state index contributed by atoms with van der Waals surface area (Å²) in [7, 11) is 0. The first-order valence-corrected chi connectivity index (χ1v) is 2.58. The summed E-state index contributed by atoms with van der Waals surface area (Å²) in [5, 5.41) is 0. The summed E-state index contributed by atoms with van der Waals surface area (Å²) in [5.41, 5.74) is 1.26. The van der Waals surface area contributed by atoms with E-state index in [1.807, 2.05) is 6.08 Å². The second kappa shape index (κ2) is 3.66. The highest BCUT2D eigenvalue weighted by Gasteiger charge is 1.80. The first kappa shape index (κ1) is 6.48. The van der Waals surface area contributed by atoms with Crippen LogP contribution in [0.3, 0.4) is 0 Å². The van der Waals surface area contributed by atoms with Gasteiger partial charge in [-0.1, -0.05) is 25.2 Å². The van der Waals surface area contributed by atoms with Crippen LogP contribution >= 0.6 is 0 Å². The summed E-state index contributed by atoms with van der Waals surface area (Å²) in [6.07, 6.45) is 3.92. The molecule has 0 spiro atoms. The third-order valence-electron chi connectivity index (χ3n) is 0.933. The van der Waals surface area contributed by atoms with E-state index in [1.54, 1.807) is 0 Å². The molecular weight excluding hydrogens is 84.1 g/mol. The SMILES string of the molecule is C=CCC(=C)CC. The molecule has 0 atom stereocenters. The van der Waals surface area contributed by atoms with Gasteiger partial charge >= 0.3 is 0 Å². The van der Waals surface area contributed by atoms with Crippen LogP contribution in [0.25, 0.3) is 0 Å². The third-order valence-corrected chi connectivity index (χ3v) is 0.933. The average Bonchev–Trinajstić information content (AvgIpc) is 1.68. The molecule has 0 fully saturated rings. The van der Waals surface area contributed by atoms with Crippen molar-refractivity contribution in [3.63, 3.8) is 0 Å². The van der Waals surface area contributed by atoms with E-state index in [9.17, 15) is 0 Å². The van der Waals surface area contributed by atoms with Crippen LogP contribution in [0.2, 0.25) is 0 Å². The van der Waals surface area contributed by atoms with Gasteiger partial charge in [0.25, 0.3) is 0 Å². The van der Waals surface area contributed by atoms with Gasteiger partial charge in [0.15, 0.2) is 0 Å². The van der Waals surface area contributed by atoms with Crippen LogP contribution in [0, 0.1) is 0 Å². The molecule has 0 nitrogen and oxygen atoms in total. The van der Waals surface area contributed by atoms with Crippen LogP contribution in [0.15, 0.2) is 24.8 Å². The van der Waals surface area contributed by atoms with Gasteiger partial charge in [-0.15, -0.1) is 6.58 Å². The van der Waals surface area contributed by atoms with Gasteiger partial charge in [-0.25, -0.2) is 0 Å². The Morgan fingerprint density at radius 3 is 2.43 bits per heavy atom. The molecule has 0 heteroatoms. The van der Waals surface area contributed by atoms with Gasteiger partial charge in [0, 0.05) is 0 Å². The van der Waals surface area contributed by atoms with Gasteiger partial charge in [-0.3, -0.25) is 0 Å². The third kappa shape index (κ3) is 3.31. The van der Waals surface area contributed by atoms with Gasteiger partial charge in [0.2, 0.25) is 0 Å². The predicted molar refractivity (Wildman–Crippen MR) is 34.2 cm³/mol. The monoisotopic (exact) mass is 96.1 g/mol. The average molecular weight is 96.2 g/mol. The maximum atomic E-state index is 3.79. The van der Waals surface area contributed by atoms with E-state index in [-0.39, 0.29) is 0 Å². The molecule has 0 bridgehead atoms. The summed E-state index contributed by atoms with van der Waals surface area (Å²) >= 11 is 0. The van der Waals surface area contributed by atoms with Crippen LogP contribution in [-0.4, -0.2) is 0 Å². The van der Waals surface area contributed by atoms with Crippen molar-refractivity contribution in [3.05, 3.63) is 24.8 Å². The zero-order chi connectivity index (χ0) is 5.70. The van der Waals surface area contributed by atoms with Crippen LogP contribution in [0.4, 0.5) is 0 Å². The molecule has 0 amide bonds. The molecule has 0 heterocycles. The lowest BCUT2D eigenvalue weighted by Crippen LogP contribution is -1.70. The largest absolute Gasteiger partial charge is 0.103 e. The lowest BCUT2D eigenvalue weighted by atomic mass is 10.2. The lowest BCUT2D eigenvalue weighted by molar-refractivity contribution is 1.04. The first-order valence-electron chi connectivity index (χ1n) is 2.58. The second-order valence-electron chi connectivity index (χ2n) is 1.60. The molecular formula is C7H12. The van der Waals surface area contributed by atoms with Crippen molar-refractivity contribution in [2.24, 2.45) is 0 Å². The highest BCUT2D eigenvalue weighted by atomic mass is 13.9. The standard InChI is InChI=1S/C7H12/c1-4-6-7(3)5-2/h4H,1,3,5-6H2,2H3. The Bertz CT molecular complexity index is 70.1. The molecule has 0 aromatic heterocycles. The number of allylic oxidation sites excluding steroid dienone is 2. The Morgan fingerprint density at radius 1 is 1.71 bits per heavy atom. The molecule has 7 heavy (non-hydrogen) atoms. The highest BCUT2D eigenvalue weighted by molar-refractivity contribution is 4.98. The van der Waals surface area contributed by atoms with Crippen molar-refractivity contribution in [3.8, 4) is 0 Å². The predicted octanol–water partition coefficient (Wildman–Crippen LogP) is 2.53. The summed E-state index contributed by atoms with van der Waals surface area (Å²) in [5.74, 6) is 0. The minimum absolute atomic E-state index is 0.969. The summed E-state index contributed by atoms with van der Waals surface area (Å²) < 4.78 is 0. The number of hydrogen-bond donors (Lipinski definition) is 0. The maximum absolute atomic E-state index is 3.79. The summed E-state index contributed by atoms with van der Waals surface area (Å²) in [4.78, 5) is 0. The molecule has 0 rings (SSSR count). The number of rotatable bonds is 3. The van der Waals surface area contributed by atoms with Crippen LogP contribution in [0.1, 0.15) is 19.8 Å². The Kier molecular flexibility index (Phi) is 3.39. The molecule has 0 aliphatic heterocycles. The van der Waals surface area contributed by atoms with Gasteiger partial charge in [0.1, 0.15) is 0 Å². The molecule has 0 aliphatic carbocycles. The van der Waals surface area contributed by atoms with E-state index >= 15 is 0 Å². The Labute approximate surface area is 45.5 Å². The normalized spacial score (nSPS) is 8.14. The fourth-order valence-electron chi connectivity index (χ4n) is 0.348. The Morgan fingerprint density at radius 2 is 2.29 bits per heavy atom. The molecule has 0 aromatic rings. The smallest absolute Gasteiger partial charge is 0.0144 e. The molecule has 0 saturated carbocycles. The fourth-order valence-corrected chi connectivity index (χ4v) is 0.348. The van der Waals surface area contributed by atoms with Crippen molar-refractivity contribution in [1.82, 2.24) is 0 Å². The fraction of sp³-hybridized carbons (Fsp3) is 0.429. The summed E-state index contributed by atoms with van der Waals surface area (Å²) in [6, 6.07) is 0. The minimum atomic E-state index is 0.969. The Hall–Kier alpha value is -0.520. The van der Waals surface area contributed by atoms with Gasteiger partial charge < -0.3 is 0 Å². The molecule has 0 aliphatic rings. The highest BCUT2D eigenvalue weighted by Crippen LogP contribution is 2.00. The lowest BCUT2D eigenvalue weighted by Gasteiger charge is -1.91. The van der Waals surface area contributed by atoms with Crippen LogP contribution in [-0.2, 0) is 0 Å². The van der Waals surface area contributed by atoms with Gasteiger partial charge in [-0.05, 0) is 12.8 Å². The minimum Gasteiger partial charge on any atom is -0.103 e. The molecule has 0 N–H and O–H groups in total. The van der Waals surface area contributed by atoms with E-state index in [0.717, 1.165) is 12.8 Å². The molecule has 0 saturated heterocycles. The van der Waals surface area contributed by atoms with Crippen LogP contribution in [0.5, 0.6) is 0 Å². The quantitative estimate of drug-likeness (QED) is 0.473. The molecule has 0 aromatic carbocycles. The van der Waals surface area contributed by atoms with Crippen molar-refractivity contribution in [1.29, 1.82) is 0 Å². The van der Waals surface area contributed by atoms with E-state index in [0.29, 0.717) is 0 Å². The van der Waals surface area contributed by atoms with Crippen molar-refractivity contribution in [2.45, 2.75) is 19.8 Å². The second-order valence-corrected chi connectivity index (χ2v) is 1.60. The van der Waals surface area contributed by atoms with E-state index in [4.69, 9.17) is 0 Å². The number of hydrogen-bond acceptors (Lipinski definition) is 0. The van der Waals surface area contributed by atoms with Gasteiger partial charge in [-0.2, -0.15) is 0 Å². The van der Waals surface area contributed by atoms with Crippen molar-refractivity contribution in [2.75, 3.05) is 0 Å². The molecule has 0 unspecified atom stereocenters. The van der Waals surface area contributed by atoms with E-state index in [2.05, 4.69) is 20.1 Å². The van der Waals surface area contributed by atoms with Crippen molar-refractivity contribution >= 4 is 0 Å². The van der Waals surface area contributed by atoms with Gasteiger partial charge in [0.05, 0.1) is 0 Å². The molecule has 40 valence electrons. The first-order chi connectivity index (χ1) is 3.31. The molecule has 0 radical (unpaired) electrons. The van der Waals surface area contributed by atoms with Crippen molar-refractivity contribution < 1.29 is 0 Å².